The second kappa shape index (κ2) is 5.94. The summed E-state index contributed by atoms with van der Waals surface area (Å²) in [6.07, 6.45) is 1.65. The van der Waals surface area contributed by atoms with Gasteiger partial charge < -0.3 is 10.1 Å². The Morgan fingerprint density at radius 1 is 1.47 bits per heavy atom. The first kappa shape index (κ1) is 13.0. The average molecular weight is 302 g/mol. The molecule has 0 spiro atoms. The molecule has 2 nitrogen and oxygen atoms in total. The zero-order valence-corrected chi connectivity index (χ0v) is 11.5. The maximum Gasteiger partial charge on any atom is 0.127 e. The Hall–Kier alpha value is -0.450. The highest BCUT2D eigenvalue weighted by atomic mass is 79.9. The standard InChI is InChI=1S/C13H17BrFNO/c1-9-7-17-8-12(16-9)5-3-10-2-4-11(14)6-13(10)15/h2,4,6,9,12,16H,3,5,7-8H2,1H3. The van der Waals surface area contributed by atoms with Crippen LogP contribution < -0.4 is 5.32 Å². The third-order valence-corrected chi connectivity index (χ3v) is 3.48. The first-order valence-electron chi connectivity index (χ1n) is 5.93. The number of benzene rings is 1. The summed E-state index contributed by atoms with van der Waals surface area (Å²) in [5.74, 6) is -0.135. The maximum atomic E-state index is 13.6. The van der Waals surface area contributed by atoms with Gasteiger partial charge in [-0.25, -0.2) is 4.39 Å². The van der Waals surface area contributed by atoms with Gasteiger partial charge in [0.15, 0.2) is 0 Å². The topological polar surface area (TPSA) is 21.3 Å². The molecule has 0 bridgehead atoms. The molecule has 0 aliphatic carbocycles. The first-order valence-corrected chi connectivity index (χ1v) is 6.72. The highest BCUT2D eigenvalue weighted by Crippen LogP contribution is 2.17. The fourth-order valence-electron chi connectivity index (χ4n) is 2.11. The zero-order valence-electron chi connectivity index (χ0n) is 9.88. The van der Waals surface area contributed by atoms with Crippen LogP contribution in [0.25, 0.3) is 0 Å². The summed E-state index contributed by atoms with van der Waals surface area (Å²) in [5, 5.41) is 3.46. The van der Waals surface area contributed by atoms with E-state index < -0.39 is 0 Å². The van der Waals surface area contributed by atoms with Gasteiger partial charge in [0.2, 0.25) is 0 Å². The number of aryl methyl sites for hydroxylation is 1. The molecule has 0 aromatic heterocycles. The summed E-state index contributed by atoms with van der Waals surface area (Å²) in [6, 6.07) is 5.96. The van der Waals surface area contributed by atoms with Gasteiger partial charge in [-0.05, 0) is 37.5 Å². The quantitative estimate of drug-likeness (QED) is 0.927. The molecule has 0 saturated carbocycles. The summed E-state index contributed by atoms with van der Waals surface area (Å²) in [6.45, 7) is 3.60. The predicted octanol–water partition coefficient (Wildman–Crippen LogP) is 2.90. The molecule has 94 valence electrons. The molecule has 2 rings (SSSR count). The van der Waals surface area contributed by atoms with E-state index >= 15 is 0 Å². The van der Waals surface area contributed by atoms with Crippen molar-refractivity contribution in [3.63, 3.8) is 0 Å². The van der Waals surface area contributed by atoms with Crippen LogP contribution in [-0.2, 0) is 11.2 Å². The van der Waals surface area contributed by atoms with Crippen molar-refractivity contribution in [2.75, 3.05) is 13.2 Å². The van der Waals surface area contributed by atoms with Gasteiger partial charge in [0.1, 0.15) is 5.82 Å². The van der Waals surface area contributed by atoms with Crippen molar-refractivity contribution in [2.45, 2.75) is 31.8 Å². The zero-order chi connectivity index (χ0) is 12.3. The number of halogens is 2. The molecule has 17 heavy (non-hydrogen) atoms. The van der Waals surface area contributed by atoms with E-state index in [1.165, 1.54) is 6.07 Å². The van der Waals surface area contributed by atoms with Crippen molar-refractivity contribution >= 4 is 15.9 Å². The van der Waals surface area contributed by atoms with Crippen LogP contribution in [0.15, 0.2) is 22.7 Å². The van der Waals surface area contributed by atoms with Gasteiger partial charge in [0.05, 0.1) is 13.2 Å². The van der Waals surface area contributed by atoms with Crippen LogP contribution in [0.2, 0.25) is 0 Å². The number of hydrogen-bond donors (Lipinski definition) is 1. The lowest BCUT2D eigenvalue weighted by Gasteiger charge is -2.29. The predicted molar refractivity (Wildman–Crippen MR) is 69.6 cm³/mol. The second-order valence-electron chi connectivity index (χ2n) is 4.58. The Morgan fingerprint density at radius 2 is 2.29 bits per heavy atom. The van der Waals surface area contributed by atoms with Crippen molar-refractivity contribution in [1.82, 2.24) is 5.32 Å². The average Bonchev–Trinajstić information content (AvgIpc) is 2.28. The monoisotopic (exact) mass is 301 g/mol. The highest BCUT2D eigenvalue weighted by Gasteiger charge is 2.18. The van der Waals surface area contributed by atoms with Crippen LogP contribution in [0.4, 0.5) is 4.39 Å². The Labute approximate surface area is 110 Å². The van der Waals surface area contributed by atoms with Crippen molar-refractivity contribution < 1.29 is 9.13 Å². The number of rotatable bonds is 3. The second-order valence-corrected chi connectivity index (χ2v) is 5.49. The first-order chi connectivity index (χ1) is 8.15. The summed E-state index contributed by atoms with van der Waals surface area (Å²) in [7, 11) is 0. The molecule has 1 heterocycles. The Balaban J connectivity index is 1.88. The molecule has 1 N–H and O–H groups in total. The third-order valence-electron chi connectivity index (χ3n) is 2.98. The SMILES string of the molecule is CC1COCC(CCc2ccc(Br)cc2F)N1. The molecule has 1 saturated heterocycles. The van der Waals surface area contributed by atoms with Crippen LogP contribution in [0.5, 0.6) is 0 Å². The normalized spacial score (nSPS) is 24.9. The van der Waals surface area contributed by atoms with E-state index in [4.69, 9.17) is 4.74 Å². The van der Waals surface area contributed by atoms with Crippen LogP contribution in [0.1, 0.15) is 18.9 Å². The summed E-state index contributed by atoms with van der Waals surface area (Å²) in [5.41, 5.74) is 0.772. The molecule has 1 fully saturated rings. The van der Waals surface area contributed by atoms with Gasteiger partial charge in [0.25, 0.3) is 0 Å². The Bertz CT molecular complexity index is 386. The number of ether oxygens (including phenoxy) is 1. The molecule has 0 radical (unpaired) electrons. The van der Waals surface area contributed by atoms with Gasteiger partial charge >= 0.3 is 0 Å². The molecule has 1 aromatic rings. The number of hydrogen-bond acceptors (Lipinski definition) is 2. The van der Waals surface area contributed by atoms with Crippen LogP contribution in [0, 0.1) is 5.82 Å². The smallest absolute Gasteiger partial charge is 0.127 e. The molecule has 1 aliphatic rings. The van der Waals surface area contributed by atoms with Crippen molar-refractivity contribution in [3.8, 4) is 0 Å². The highest BCUT2D eigenvalue weighted by molar-refractivity contribution is 9.10. The maximum absolute atomic E-state index is 13.6. The van der Waals surface area contributed by atoms with Crippen LogP contribution in [-0.4, -0.2) is 25.3 Å². The number of nitrogens with one attached hydrogen (secondary N) is 1. The number of morpholine rings is 1. The fourth-order valence-corrected chi connectivity index (χ4v) is 2.44. The van der Waals surface area contributed by atoms with E-state index in [2.05, 4.69) is 28.2 Å². The minimum Gasteiger partial charge on any atom is -0.378 e. The van der Waals surface area contributed by atoms with Crippen molar-refractivity contribution in [2.24, 2.45) is 0 Å². The molecule has 2 unspecified atom stereocenters. The van der Waals surface area contributed by atoms with Gasteiger partial charge in [-0.1, -0.05) is 22.0 Å². The molecule has 0 amide bonds. The van der Waals surface area contributed by atoms with E-state index in [1.54, 1.807) is 0 Å². The minimum atomic E-state index is -0.135. The third kappa shape index (κ3) is 3.76. The molecular weight excluding hydrogens is 285 g/mol. The summed E-state index contributed by atoms with van der Waals surface area (Å²) in [4.78, 5) is 0. The van der Waals surface area contributed by atoms with E-state index in [0.29, 0.717) is 12.1 Å². The fraction of sp³-hybridized carbons (Fsp3) is 0.538. The van der Waals surface area contributed by atoms with Crippen molar-refractivity contribution in [1.29, 1.82) is 0 Å². The van der Waals surface area contributed by atoms with Gasteiger partial charge in [0, 0.05) is 16.6 Å². The lowest BCUT2D eigenvalue weighted by Crippen LogP contribution is -2.47. The largest absolute Gasteiger partial charge is 0.378 e. The van der Waals surface area contributed by atoms with E-state index in [0.717, 1.165) is 36.1 Å². The molecular formula is C13H17BrFNO. The summed E-state index contributed by atoms with van der Waals surface area (Å²) >= 11 is 3.26. The van der Waals surface area contributed by atoms with Gasteiger partial charge in [-0.15, -0.1) is 0 Å². The van der Waals surface area contributed by atoms with E-state index in [1.807, 2.05) is 12.1 Å². The minimum absolute atomic E-state index is 0.135. The van der Waals surface area contributed by atoms with Gasteiger partial charge in [-0.3, -0.25) is 0 Å². The lowest BCUT2D eigenvalue weighted by atomic mass is 10.0. The summed E-state index contributed by atoms with van der Waals surface area (Å²) < 4.78 is 19.9. The van der Waals surface area contributed by atoms with Gasteiger partial charge in [-0.2, -0.15) is 0 Å². The Kier molecular flexibility index (Phi) is 4.54. The van der Waals surface area contributed by atoms with Crippen LogP contribution in [0.3, 0.4) is 0 Å². The Morgan fingerprint density at radius 3 is 3.00 bits per heavy atom. The lowest BCUT2D eigenvalue weighted by molar-refractivity contribution is 0.0482. The van der Waals surface area contributed by atoms with Crippen molar-refractivity contribution in [3.05, 3.63) is 34.1 Å². The molecule has 1 aromatic carbocycles. The molecule has 2 atom stereocenters. The van der Waals surface area contributed by atoms with E-state index in [9.17, 15) is 4.39 Å². The molecule has 1 aliphatic heterocycles. The molecule has 4 heteroatoms. The van der Waals surface area contributed by atoms with Crippen LogP contribution >= 0.6 is 15.9 Å². The van der Waals surface area contributed by atoms with E-state index in [-0.39, 0.29) is 5.82 Å².